The van der Waals surface area contributed by atoms with Crippen LogP contribution in [0.3, 0.4) is 0 Å². The molecule has 0 bridgehead atoms. The molecule has 1 saturated heterocycles. The molecule has 2 aromatic rings. The summed E-state index contributed by atoms with van der Waals surface area (Å²) in [7, 11) is 1.80. The van der Waals surface area contributed by atoms with E-state index in [2.05, 4.69) is 32.1 Å². The standard InChI is InChI=1S/C15H20N4OS/c1-11-7-14(18(2)17-11)15(20)16-13-3-5-19(9-13)8-12-4-6-21-10-12/h4,6-7,10,13H,3,5,8-9H2,1-2H3,(H,16,20). The molecule has 5 nitrogen and oxygen atoms in total. The van der Waals surface area contributed by atoms with Crippen LogP contribution in [0.25, 0.3) is 0 Å². The highest BCUT2D eigenvalue weighted by Crippen LogP contribution is 2.16. The van der Waals surface area contributed by atoms with Crippen LogP contribution in [-0.2, 0) is 13.6 Å². The van der Waals surface area contributed by atoms with E-state index in [1.54, 1.807) is 23.1 Å². The Morgan fingerprint density at radius 1 is 1.57 bits per heavy atom. The Morgan fingerprint density at radius 2 is 2.43 bits per heavy atom. The lowest BCUT2D eigenvalue weighted by molar-refractivity contribution is 0.0928. The third kappa shape index (κ3) is 3.33. The van der Waals surface area contributed by atoms with Crippen LogP contribution in [0, 0.1) is 6.92 Å². The molecule has 0 radical (unpaired) electrons. The van der Waals surface area contributed by atoms with E-state index < -0.39 is 0 Å². The summed E-state index contributed by atoms with van der Waals surface area (Å²) >= 11 is 1.73. The average molecular weight is 304 g/mol. The van der Waals surface area contributed by atoms with Crippen molar-refractivity contribution >= 4 is 17.2 Å². The Morgan fingerprint density at radius 3 is 3.10 bits per heavy atom. The van der Waals surface area contributed by atoms with Crippen molar-refractivity contribution in [3.05, 3.63) is 39.8 Å². The minimum atomic E-state index is -0.0273. The lowest BCUT2D eigenvalue weighted by atomic mass is 10.2. The maximum absolute atomic E-state index is 12.3. The van der Waals surface area contributed by atoms with Gasteiger partial charge < -0.3 is 5.32 Å². The van der Waals surface area contributed by atoms with E-state index in [1.165, 1.54) is 5.56 Å². The van der Waals surface area contributed by atoms with Crippen LogP contribution in [0.15, 0.2) is 22.9 Å². The minimum Gasteiger partial charge on any atom is -0.347 e. The molecule has 0 saturated carbocycles. The molecule has 3 heterocycles. The van der Waals surface area contributed by atoms with Crippen LogP contribution in [0.4, 0.5) is 0 Å². The topological polar surface area (TPSA) is 50.2 Å². The summed E-state index contributed by atoms with van der Waals surface area (Å²) in [5.41, 5.74) is 2.85. The van der Waals surface area contributed by atoms with E-state index in [-0.39, 0.29) is 11.9 Å². The van der Waals surface area contributed by atoms with Crippen LogP contribution in [-0.4, -0.2) is 39.7 Å². The van der Waals surface area contributed by atoms with Gasteiger partial charge in [0, 0.05) is 32.7 Å². The molecule has 2 aromatic heterocycles. The Balaban J connectivity index is 1.55. The number of carbonyl (C=O) groups excluding carboxylic acids is 1. The zero-order valence-corrected chi connectivity index (χ0v) is 13.2. The van der Waals surface area contributed by atoms with Gasteiger partial charge in [-0.3, -0.25) is 14.4 Å². The summed E-state index contributed by atoms with van der Waals surface area (Å²) in [6.45, 7) is 4.82. The van der Waals surface area contributed by atoms with Gasteiger partial charge in [0.15, 0.2) is 0 Å². The van der Waals surface area contributed by atoms with Crippen molar-refractivity contribution in [2.24, 2.45) is 7.05 Å². The number of aryl methyl sites for hydroxylation is 2. The zero-order valence-electron chi connectivity index (χ0n) is 12.4. The van der Waals surface area contributed by atoms with E-state index in [4.69, 9.17) is 0 Å². The van der Waals surface area contributed by atoms with E-state index in [0.717, 1.165) is 31.7 Å². The summed E-state index contributed by atoms with van der Waals surface area (Å²) in [6.07, 6.45) is 1.01. The molecule has 6 heteroatoms. The van der Waals surface area contributed by atoms with Gasteiger partial charge in [0.1, 0.15) is 5.69 Å². The molecule has 1 amide bonds. The molecule has 0 aromatic carbocycles. The van der Waals surface area contributed by atoms with Crippen molar-refractivity contribution in [2.75, 3.05) is 13.1 Å². The van der Waals surface area contributed by atoms with Gasteiger partial charge in [-0.2, -0.15) is 16.4 Å². The number of hydrogen-bond donors (Lipinski definition) is 1. The minimum absolute atomic E-state index is 0.0273. The second kappa shape index (κ2) is 5.99. The number of hydrogen-bond acceptors (Lipinski definition) is 4. The Bertz CT molecular complexity index is 620. The number of aromatic nitrogens is 2. The number of thiophene rings is 1. The second-order valence-corrected chi connectivity index (χ2v) is 6.40. The molecule has 1 aliphatic heterocycles. The molecule has 1 atom stereocenters. The average Bonchev–Trinajstić information content (AvgIpc) is 3.13. The number of amides is 1. The highest BCUT2D eigenvalue weighted by atomic mass is 32.1. The Labute approximate surface area is 128 Å². The maximum Gasteiger partial charge on any atom is 0.269 e. The Kier molecular flexibility index (Phi) is 4.07. The van der Waals surface area contributed by atoms with Crippen LogP contribution < -0.4 is 5.32 Å². The smallest absolute Gasteiger partial charge is 0.269 e. The van der Waals surface area contributed by atoms with Crippen molar-refractivity contribution in [3.63, 3.8) is 0 Å². The van der Waals surface area contributed by atoms with E-state index in [9.17, 15) is 4.79 Å². The fourth-order valence-electron chi connectivity index (χ4n) is 2.82. The fourth-order valence-corrected chi connectivity index (χ4v) is 3.48. The SMILES string of the molecule is Cc1cc(C(=O)NC2CCN(Cc3ccsc3)C2)n(C)n1. The molecule has 1 unspecified atom stereocenters. The number of nitrogens with one attached hydrogen (secondary N) is 1. The molecule has 1 N–H and O–H groups in total. The van der Waals surface area contributed by atoms with Crippen molar-refractivity contribution in [1.29, 1.82) is 0 Å². The molecule has 21 heavy (non-hydrogen) atoms. The largest absolute Gasteiger partial charge is 0.347 e. The molecular formula is C15H20N4OS. The molecular weight excluding hydrogens is 284 g/mol. The van der Waals surface area contributed by atoms with E-state index >= 15 is 0 Å². The summed E-state index contributed by atoms with van der Waals surface area (Å²) in [5, 5.41) is 11.6. The predicted molar refractivity (Wildman–Crippen MR) is 83.4 cm³/mol. The number of nitrogens with zero attached hydrogens (tertiary/aromatic N) is 3. The van der Waals surface area contributed by atoms with Gasteiger partial charge in [-0.15, -0.1) is 0 Å². The molecule has 1 aliphatic rings. The Hall–Kier alpha value is -1.66. The van der Waals surface area contributed by atoms with Gasteiger partial charge in [-0.05, 0) is 41.8 Å². The van der Waals surface area contributed by atoms with Crippen molar-refractivity contribution in [3.8, 4) is 0 Å². The van der Waals surface area contributed by atoms with Gasteiger partial charge in [0.05, 0.1) is 5.69 Å². The molecule has 1 fully saturated rings. The van der Waals surface area contributed by atoms with E-state index in [0.29, 0.717) is 5.69 Å². The fraction of sp³-hybridized carbons (Fsp3) is 0.467. The number of likely N-dealkylation sites (tertiary alicyclic amines) is 1. The monoisotopic (exact) mass is 304 g/mol. The lowest BCUT2D eigenvalue weighted by Crippen LogP contribution is -2.37. The van der Waals surface area contributed by atoms with Crippen LogP contribution in [0.1, 0.15) is 28.2 Å². The normalized spacial score (nSPS) is 19.0. The van der Waals surface area contributed by atoms with Gasteiger partial charge in [0.25, 0.3) is 5.91 Å². The number of rotatable bonds is 4. The van der Waals surface area contributed by atoms with Crippen LogP contribution in [0.2, 0.25) is 0 Å². The van der Waals surface area contributed by atoms with Crippen LogP contribution in [0.5, 0.6) is 0 Å². The quantitative estimate of drug-likeness (QED) is 0.937. The summed E-state index contributed by atoms with van der Waals surface area (Å²) in [6, 6.07) is 4.22. The second-order valence-electron chi connectivity index (χ2n) is 5.62. The van der Waals surface area contributed by atoms with Gasteiger partial charge in [-0.25, -0.2) is 0 Å². The summed E-state index contributed by atoms with van der Waals surface area (Å²) in [5.74, 6) is -0.0273. The van der Waals surface area contributed by atoms with Crippen molar-refractivity contribution < 1.29 is 4.79 Å². The molecule has 112 valence electrons. The first kappa shape index (κ1) is 14.3. The summed E-state index contributed by atoms with van der Waals surface area (Å²) in [4.78, 5) is 14.7. The lowest BCUT2D eigenvalue weighted by Gasteiger charge is -2.16. The first-order chi connectivity index (χ1) is 10.1. The first-order valence-electron chi connectivity index (χ1n) is 7.17. The van der Waals surface area contributed by atoms with E-state index in [1.807, 2.05) is 13.0 Å². The van der Waals surface area contributed by atoms with Gasteiger partial charge in [-0.1, -0.05) is 0 Å². The molecule has 0 aliphatic carbocycles. The summed E-state index contributed by atoms with van der Waals surface area (Å²) < 4.78 is 1.64. The predicted octanol–water partition coefficient (Wildman–Crippen LogP) is 1.79. The zero-order chi connectivity index (χ0) is 14.8. The maximum atomic E-state index is 12.3. The first-order valence-corrected chi connectivity index (χ1v) is 8.11. The molecule has 0 spiro atoms. The van der Waals surface area contributed by atoms with Crippen LogP contribution >= 0.6 is 11.3 Å². The highest BCUT2D eigenvalue weighted by Gasteiger charge is 2.25. The van der Waals surface area contributed by atoms with Crippen molar-refractivity contribution in [1.82, 2.24) is 20.0 Å². The highest BCUT2D eigenvalue weighted by molar-refractivity contribution is 7.07. The van der Waals surface area contributed by atoms with Gasteiger partial charge in [0.2, 0.25) is 0 Å². The van der Waals surface area contributed by atoms with Gasteiger partial charge >= 0.3 is 0 Å². The van der Waals surface area contributed by atoms with Crippen molar-refractivity contribution in [2.45, 2.75) is 25.9 Å². The molecule has 3 rings (SSSR count). The third-order valence-corrected chi connectivity index (χ3v) is 4.56. The number of carbonyl (C=O) groups is 1. The third-order valence-electron chi connectivity index (χ3n) is 3.83.